The van der Waals surface area contributed by atoms with E-state index in [0.29, 0.717) is 30.6 Å². The van der Waals surface area contributed by atoms with Crippen molar-refractivity contribution in [3.63, 3.8) is 0 Å². The maximum absolute atomic E-state index is 12.1. The Morgan fingerprint density at radius 2 is 1.89 bits per heavy atom. The molecule has 0 bridgehead atoms. The van der Waals surface area contributed by atoms with Crippen LogP contribution in [0.3, 0.4) is 0 Å². The Balaban J connectivity index is 2.13. The highest BCUT2D eigenvalue weighted by atomic mass is 32.2. The summed E-state index contributed by atoms with van der Waals surface area (Å²) in [4.78, 5) is 10.6. The van der Waals surface area contributed by atoms with Crippen molar-refractivity contribution in [3.8, 4) is 0 Å². The minimum Gasteiger partial charge on any atom is -0.298 e. The standard InChI is InChI=1S/C12H16N2O3S/c15-10-11-5-4-6-12(9-11)13-18(16,17)14-7-2-1-3-8-14/h4-6,9-10,13H,1-3,7-8H2. The number of hydrogen-bond donors (Lipinski definition) is 1. The molecule has 5 nitrogen and oxygen atoms in total. The number of carbonyl (C=O) groups is 1. The van der Waals surface area contributed by atoms with Gasteiger partial charge in [-0.15, -0.1) is 0 Å². The van der Waals surface area contributed by atoms with Crippen LogP contribution in [0.4, 0.5) is 5.69 Å². The van der Waals surface area contributed by atoms with Crippen molar-refractivity contribution in [2.75, 3.05) is 17.8 Å². The molecular formula is C12H16N2O3S. The summed E-state index contributed by atoms with van der Waals surface area (Å²) < 4.78 is 28.1. The minimum atomic E-state index is -3.49. The summed E-state index contributed by atoms with van der Waals surface area (Å²) in [5, 5.41) is 0. The molecule has 18 heavy (non-hydrogen) atoms. The third kappa shape index (κ3) is 3.08. The van der Waals surface area contributed by atoms with Crippen LogP contribution in [0, 0.1) is 0 Å². The van der Waals surface area contributed by atoms with E-state index in [1.807, 2.05) is 0 Å². The van der Waals surface area contributed by atoms with Gasteiger partial charge in [0, 0.05) is 18.7 Å². The van der Waals surface area contributed by atoms with Crippen molar-refractivity contribution in [1.82, 2.24) is 4.31 Å². The number of aldehydes is 1. The molecule has 0 atom stereocenters. The highest BCUT2D eigenvalue weighted by Gasteiger charge is 2.23. The summed E-state index contributed by atoms with van der Waals surface area (Å²) >= 11 is 0. The number of rotatable bonds is 4. The van der Waals surface area contributed by atoms with Gasteiger partial charge in [0.05, 0.1) is 5.69 Å². The molecule has 1 fully saturated rings. The van der Waals surface area contributed by atoms with E-state index >= 15 is 0 Å². The molecule has 1 aliphatic heterocycles. The summed E-state index contributed by atoms with van der Waals surface area (Å²) in [6, 6.07) is 6.44. The Bertz CT molecular complexity index is 522. The van der Waals surface area contributed by atoms with Gasteiger partial charge in [0.2, 0.25) is 0 Å². The Labute approximate surface area is 107 Å². The van der Waals surface area contributed by atoms with Gasteiger partial charge in [-0.2, -0.15) is 12.7 Å². The summed E-state index contributed by atoms with van der Waals surface area (Å²) in [7, 11) is -3.49. The molecule has 98 valence electrons. The lowest BCUT2D eigenvalue weighted by Crippen LogP contribution is -2.39. The number of piperidine rings is 1. The number of nitrogens with zero attached hydrogens (tertiary/aromatic N) is 1. The summed E-state index contributed by atoms with van der Waals surface area (Å²) in [6.45, 7) is 1.12. The molecule has 0 aromatic heterocycles. The fourth-order valence-electron chi connectivity index (χ4n) is 1.99. The van der Waals surface area contributed by atoms with Crippen LogP contribution in [0.2, 0.25) is 0 Å². The first kappa shape index (κ1) is 13.0. The van der Waals surface area contributed by atoms with Crippen LogP contribution < -0.4 is 4.72 Å². The van der Waals surface area contributed by atoms with Crippen molar-refractivity contribution >= 4 is 22.2 Å². The van der Waals surface area contributed by atoms with E-state index in [9.17, 15) is 13.2 Å². The molecule has 1 aromatic carbocycles. The van der Waals surface area contributed by atoms with Crippen LogP contribution in [0.5, 0.6) is 0 Å². The van der Waals surface area contributed by atoms with Crippen LogP contribution in [0.25, 0.3) is 0 Å². The van der Waals surface area contributed by atoms with Crippen molar-refractivity contribution in [2.45, 2.75) is 19.3 Å². The van der Waals surface area contributed by atoms with Gasteiger partial charge in [-0.3, -0.25) is 9.52 Å². The summed E-state index contributed by atoms with van der Waals surface area (Å²) in [5.74, 6) is 0. The van der Waals surface area contributed by atoms with Gasteiger partial charge in [0.25, 0.3) is 0 Å². The first-order chi connectivity index (χ1) is 8.62. The Hall–Kier alpha value is -1.40. The Morgan fingerprint density at radius 3 is 2.56 bits per heavy atom. The van der Waals surface area contributed by atoms with Gasteiger partial charge in [-0.25, -0.2) is 0 Å². The first-order valence-electron chi connectivity index (χ1n) is 5.95. The SMILES string of the molecule is O=Cc1cccc(NS(=O)(=O)N2CCCCC2)c1. The second-order valence-electron chi connectivity index (χ2n) is 4.31. The van der Waals surface area contributed by atoms with Gasteiger partial charge in [0.15, 0.2) is 0 Å². The number of carbonyl (C=O) groups excluding carboxylic acids is 1. The first-order valence-corrected chi connectivity index (χ1v) is 7.39. The van der Waals surface area contributed by atoms with E-state index in [-0.39, 0.29) is 0 Å². The number of hydrogen-bond acceptors (Lipinski definition) is 3. The van der Waals surface area contributed by atoms with Crippen LogP contribution in [0.15, 0.2) is 24.3 Å². The quantitative estimate of drug-likeness (QED) is 0.844. The minimum absolute atomic E-state index is 0.421. The third-order valence-corrected chi connectivity index (χ3v) is 4.46. The fraction of sp³-hybridized carbons (Fsp3) is 0.417. The molecular weight excluding hydrogens is 252 g/mol. The van der Waals surface area contributed by atoms with E-state index in [2.05, 4.69) is 4.72 Å². The second kappa shape index (κ2) is 5.49. The van der Waals surface area contributed by atoms with E-state index in [4.69, 9.17) is 0 Å². The second-order valence-corrected chi connectivity index (χ2v) is 5.98. The lowest BCUT2D eigenvalue weighted by atomic mass is 10.2. The molecule has 0 unspecified atom stereocenters. The average Bonchev–Trinajstić information content (AvgIpc) is 2.39. The van der Waals surface area contributed by atoms with Crippen molar-refractivity contribution in [1.29, 1.82) is 0 Å². The third-order valence-electron chi connectivity index (χ3n) is 2.92. The zero-order chi connectivity index (χ0) is 13.0. The lowest BCUT2D eigenvalue weighted by molar-refractivity contribution is 0.112. The topological polar surface area (TPSA) is 66.5 Å². The zero-order valence-electron chi connectivity index (χ0n) is 10.0. The zero-order valence-corrected chi connectivity index (χ0v) is 10.8. The lowest BCUT2D eigenvalue weighted by Gasteiger charge is -2.26. The molecule has 1 N–H and O–H groups in total. The summed E-state index contributed by atoms with van der Waals surface area (Å²) in [6.07, 6.45) is 3.57. The van der Waals surface area contributed by atoms with Gasteiger partial charge in [-0.1, -0.05) is 18.6 Å². The van der Waals surface area contributed by atoms with E-state index < -0.39 is 10.2 Å². The molecule has 1 aliphatic rings. The van der Waals surface area contributed by atoms with Gasteiger partial charge >= 0.3 is 10.2 Å². The van der Waals surface area contributed by atoms with Gasteiger partial charge < -0.3 is 0 Å². The molecule has 6 heteroatoms. The van der Waals surface area contributed by atoms with E-state index in [1.54, 1.807) is 18.2 Å². The normalized spacial score (nSPS) is 17.3. The number of benzene rings is 1. The summed E-state index contributed by atoms with van der Waals surface area (Å²) in [5.41, 5.74) is 0.874. The smallest absolute Gasteiger partial charge is 0.298 e. The molecule has 0 radical (unpaired) electrons. The van der Waals surface area contributed by atoms with Gasteiger partial charge in [-0.05, 0) is 25.0 Å². The number of nitrogens with one attached hydrogen (secondary N) is 1. The highest BCUT2D eigenvalue weighted by molar-refractivity contribution is 7.90. The van der Waals surface area contributed by atoms with Crippen molar-refractivity contribution in [3.05, 3.63) is 29.8 Å². The maximum atomic E-state index is 12.1. The molecule has 1 heterocycles. The maximum Gasteiger partial charge on any atom is 0.301 e. The predicted molar refractivity (Wildman–Crippen MR) is 69.8 cm³/mol. The Kier molecular flexibility index (Phi) is 3.98. The molecule has 0 amide bonds. The van der Waals surface area contributed by atoms with Crippen LogP contribution >= 0.6 is 0 Å². The van der Waals surface area contributed by atoms with Crippen LogP contribution in [0.1, 0.15) is 29.6 Å². The van der Waals surface area contributed by atoms with Crippen molar-refractivity contribution < 1.29 is 13.2 Å². The molecule has 1 aromatic rings. The average molecular weight is 268 g/mol. The molecule has 0 aliphatic carbocycles. The Morgan fingerprint density at radius 1 is 1.17 bits per heavy atom. The highest BCUT2D eigenvalue weighted by Crippen LogP contribution is 2.17. The monoisotopic (exact) mass is 268 g/mol. The van der Waals surface area contributed by atoms with Gasteiger partial charge in [0.1, 0.15) is 6.29 Å². The van der Waals surface area contributed by atoms with Crippen molar-refractivity contribution in [2.24, 2.45) is 0 Å². The van der Waals surface area contributed by atoms with E-state index in [1.165, 1.54) is 10.4 Å². The van der Waals surface area contributed by atoms with Crippen LogP contribution in [-0.2, 0) is 10.2 Å². The molecule has 0 spiro atoms. The predicted octanol–water partition coefficient (Wildman–Crippen LogP) is 1.64. The van der Waals surface area contributed by atoms with Crippen LogP contribution in [-0.4, -0.2) is 32.1 Å². The molecule has 0 saturated carbocycles. The molecule has 2 rings (SSSR count). The molecule has 1 saturated heterocycles. The largest absolute Gasteiger partial charge is 0.301 e. The number of anilines is 1. The fourth-order valence-corrected chi connectivity index (χ4v) is 3.29. The van der Waals surface area contributed by atoms with E-state index in [0.717, 1.165) is 19.3 Å².